The fourth-order valence-electron chi connectivity index (χ4n) is 3.34. The zero-order valence-corrected chi connectivity index (χ0v) is 16.9. The summed E-state index contributed by atoms with van der Waals surface area (Å²) < 4.78 is 43.5. The molecule has 1 saturated heterocycles. The van der Waals surface area contributed by atoms with Crippen molar-refractivity contribution < 1.29 is 22.2 Å². The number of ether oxygens (including phenoxy) is 1. The Balaban J connectivity index is 1.40. The first-order valence-corrected chi connectivity index (χ1v) is 10.7. The van der Waals surface area contributed by atoms with Crippen molar-refractivity contribution in [3.05, 3.63) is 41.8 Å². The Hall–Kier alpha value is -2.63. The van der Waals surface area contributed by atoms with E-state index in [0.29, 0.717) is 36.1 Å². The highest BCUT2D eigenvalue weighted by Crippen LogP contribution is 2.27. The predicted molar refractivity (Wildman–Crippen MR) is 100 cm³/mol. The summed E-state index contributed by atoms with van der Waals surface area (Å²) >= 11 is 0. The van der Waals surface area contributed by atoms with Gasteiger partial charge in [0.25, 0.3) is 5.89 Å². The fourth-order valence-corrected chi connectivity index (χ4v) is 5.14. The summed E-state index contributed by atoms with van der Waals surface area (Å²) in [6, 6.07) is 3.61. The maximum Gasteiger partial charge on any atom is 0.259 e. The zero-order valence-electron chi connectivity index (χ0n) is 16.1. The van der Waals surface area contributed by atoms with Crippen LogP contribution < -0.4 is 0 Å². The summed E-state index contributed by atoms with van der Waals surface area (Å²) in [6.45, 7) is 4.03. The monoisotopic (exact) mass is 419 g/mol. The number of sulfonamides is 1. The van der Waals surface area contributed by atoms with E-state index >= 15 is 0 Å². The highest BCUT2D eigenvalue weighted by Gasteiger charge is 2.34. The molecule has 1 aliphatic rings. The van der Waals surface area contributed by atoms with Crippen molar-refractivity contribution in [1.29, 1.82) is 0 Å². The summed E-state index contributed by atoms with van der Waals surface area (Å²) in [5.41, 5.74) is 1.08. The molecule has 0 radical (unpaired) electrons. The van der Waals surface area contributed by atoms with E-state index in [0.717, 1.165) is 12.0 Å². The molecule has 0 amide bonds. The number of piperidine rings is 1. The van der Waals surface area contributed by atoms with Gasteiger partial charge in [0.1, 0.15) is 17.2 Å². The van der Waals surface area contributed by atoms with Gasteiger partial charge in [-0.3, -0.25) is 4.98 Å². The minimum Gasteiger partial charge on any atom is -0.369 e. The molecule has 1 fully saturated rings. The van der Waals surface area contributed by atoms with Crippen LogP contribution in [0, 0.1) is 13.8 Å². The molecule has 0 aromatic carbocycles. The van der Waals surface area contributed by atoms with Gasteiger partial charge >= 0.3 is 0 Å². The first-order valence-electron chi connectivity index (χ1n) is 9.23. The van der Waals surface area contributed by atoms with Gasteiger partial charge < -0.3 is 13.8 Å². The van der Waals surface area contributed by atoms with Crippen LogP contribution in [0.25, 0.3) is 11.5 Å². The number of nitrogens with zero attached hydrogens (tertiary/aromatic N) is 5. The first kappa shape index (κ1) is 19.7. The number of aromatic nitrogens is 4. The normalized spacial score (nSPS) is 18.2. The number of rotatable bonds is 6. The third kappa shape index (κ3) is 4.07. The van der Waals surface area contributed by atoms with E-state index in [4.69, 9.17) is 13.8 Å². The molecule has 0 N–H and O–H groups in total. The Morgan fingerprint density at radius 3 is 2.86 bits per heavy atom. The molecule has 0 bridgehead atoms. The van der Waals surface area contributed by atoms with Crippen LogP contribution in [0.15, 0.2) is 38.5 Å². The molecule has 3 aromatic heterocycles. The molecular weight excluding hydrogens is 398 g/mol. The molecular formula is C18H21N5O5S. The van der Waals surface area contributed by atoms with Crippen molar-refractivity contribution in [2.45, 2.75) is 44.3 Å². The van der Waals surface area contributed by atoms with Crippen LogP contribution in [0.2, 0.25) is 0 Å². The fraction of sp³-hybridized carbons (Fsp3) is 0.444. The minimum atomic E-state index is -3.69. The highest BCUT2D eigenvalue weighted by atomic mass is 32.2. The SMILES string of the molecule is Cc1noc(C)c1S(=O)(=O)N1CCCC(OCc2noc(-c3cccnc3)n2)C1. The van der Waals surface area contributed by atoms with E-state index in [-0.39, 0.29) is 24.2 Å². The molecule has 0 spiro atoms. The molecule has 3 aromatic rings. The molecule has 11 heteroatoms. The van der Waals surface area contributed by atoms with E-state index in [1.54, 1.807) is 32.3 Å². The van der Waals surface area contributed by atoms with Gasteiger partial charge in [0.15, 0.2) is 11.6 Å². The summed E-state index contributed by atoms with van der Waals surface area (Å²) in [5.74, 6) is 1.05. The summed E-state index contributed by atoms with van der Waals surface area (Å²) in [7, 11) is -3.69. The van der Waals surface area contributed by atoms with E-state index in [1.807, 2.05) is 6.07 Å². The second-order valence-corrected chi connectivity index (χ2v) is 8.72. The molecule has 1 aliphatic heterocycles. The predicted octanol–water partition coefficient (Wildman–Crippen LogP) is 2.11. The van der Waals surface area contributed by atoms with Crippen LogP contribution >= 0.6 is 0 Å². The zero-order chi connectivity index (χ0) is 20.4. The van der Waals surface area contributed by atoms with Crippen molar-refractivity contribution in [3.8, 4) is 11.5 Å². The van der Waals surface area contributed by atoms with Crippen LogP contribution in [-0.4, -0.2) is 52.2 Å². The topological polar surface area (TPSA) is 124 Å². The number of hydrogen-bond acceptors (Lipinski definition) is 9. The van der Waals surface area contributed by atoms with Gasteiger partial charge in [0.05, 0.1) is 11.7 Å². The second-order valence-electron chi connectivity index (χ2n) is 6.85. The van der Waals surface area contributed by atoms with Gasteiger partial charge in [-0.1, -0.05) is 10.3 Å². The standard InChI is InChI=1S/C18H21N5O5S/c1-12-17(13(2)27-21-12)29(24,25)23-8-4-6-15(10-23)26-11-16-20-18(28-22-16)14-5-3-7-19-9-14/h3,5,7,9,15H,4,6,8,10-11H2,1-2H3. The molecule has 4 heterocycles. The smallest absolute Gasteiger partial charge is 0.259 e. The Labute approximate surface area is 167 Å². The summed E-state index contributed by atoms with van der Waals surface area (Å²) in [4.78, 5) is 8.46. The Kier molecular flexibility index (Phi) is 5.43. The summed E-state index contributed by atoms with van der Waals surface area (Å²) in [5, 5.41) is 7.67. The Morgan fingerprint density at radius 1 is 1.28 bits per heavy atom. The molecule has 10 nitrogen and oxygen atoms in total. The van der Waals surface area contributed by atoms with Crippen LogP contribution in [0.5, 0.6) is 0 Å². The van der Waals surface area contributed by atoms with Crippen LogP contribution in [0.4, 0.5) is 0 Å². The van der Waals surface area contributed by atoms with Crippen molar-refractivity contribution in [3.63, 3.8) is 0 Å². The van der Waals surface area contributed by atoms with Gasteiger partial charge in [-0.25, -0.2) is 8.42 Å². The lowest BCUT2D eigenvalue weighted by Crippen LogP contribution is -2.43. The van der Waals surface area contributed by atoms with Crippen molar-refractivity contribution in [2.24, 2.45) is 0 Å². The Bertz CT molecular complexity index is 1060. The lowest BCUT2D eigenvalue weighted by Gasteiger charge is -2.31. The van der Waals surface area contributed by atoms with Crippen molar-refractivity contribution >= 4 is 10.0 Å². The average molecular weight is 419 g/mol. The molecule has 0 saturated carbocycles. The maximum atomic E-state index is 13.0. The highest BCUT2D eigenvalue weighted by molar-refractivity contribution is 7.89. The third-order valence-electron chi connectivity index (χ3n) is 4.73. The van der Waals surface area contributed by atoms with Crippen LogP contribution in [-0.2, 0) is 21.4 Å². The molecule has 4 rings (SSSR count). The molecule has 29 heavy (non-hydrogen) atoms. The molecule has 154 valence electrons. The van der Waals surface area contributed by atoms with Crippen LogP contribution in [0.1, 0.15) is 30.1 Å². The van der Waals surface area contributed by atoms with Crippen molar-refractivity contribution in [2.75, 3.05) is 13.1 Å². The van der Waals surface area contributed by atoms with Gasteiger partial charge in [-0.15, -0.1) is 0 Å². The molecule has 1 atom stereocenters. The second kappa shape index (κ2) is 8.01. The van der Waals surface area contributed by atoms with Gasteiger partial charge in [0, 0.05) is 25.5 Å². The van der Waals surface area contributed by atoms with E-state index < -0.39 is 10.0 Å². The van der Waals surface area contributed by atoms with E-state index in [1.165, 1.54) is 4.31 Å². The first-order chi connectivity index (χ1) is 13.9. The lowest BCUT2D eigenvalue weighted by atomic mass is 10.1. The van der Waals surface area contributed by atoms with E-state index in [9.17, 15) is 8.42 Å². The van der Waals surface area contributed by atoms with Gasteiger partial charge in [-0.2, -0.15) is 9.29 Å². The number of hydrogen-bond donors (Lipinski definition) is 0. The number of pyridine rings is 1. The van der Waals surface area contributed by atoms with Crippen LogP contribution in [0.3, 0.4) is 0 Å². The van der Waals surface area contributed by atoms with Crippen molar-refractivity contribution in [1.82, 2.24) is 24.6 Å². The molecule has 0 aliphatic carbocycles. The maximum absolute atomic E-state index is 13.0. The van der Waals surface area contributed by atoms with E-state index in [2.05, 4.69) is 20.3 Å². The quantitative estimate of drug-likeness (QED) is 0.590. The average Bonchev–Trinajstić information content (AvgIpc) is 3.34. The third-order valence-corrected chi connectivity index (χ3v) is 6.84. The lowest BCUT2D eigenvalue weighted by molar-refractivity contribution is 0.00436. The Morgan fingerprint density at radius 2 is 2.14 bits per heavy atom. The summed E-state index contributed by atoms with van der Waals surface area (Å²) in [6.07, 6.45) is 4.48. The van der Waals surface area contributed by atoms with Gasteiger partial charge in [0.2, 0.25) is 10.0 Å². The number of aryl methyl sites for hydroxylation is 2. The minimum absolute atomic E-state index is 0.133. The van der Waals surface area contributed by atoms with Gasteiger partial charge in [-0.05, 0) is 38.8 Å². The molecule has 1 unspecified atom stereocenters. The largest absolute Gasteiger partial charge is 0.369 e.